The van der Waals surface area contributed by atoms with Crippen LogP contribution < -0.4 is 0 Å². The number of halogens is 2. The summed E-state index contributed by atoms with van der Waals surface area (Å²) in [7, 11) is -4.30. The van der Waals surface area contributed by atoms with E-state index in [1.165, 1.54) is 0 Å². The molecule has 1 saturated carbocycles. The summed E-state index contributed by atoms with van der Waals surface area (Å²) in [5.74, 6) is 0. The van der Waals surface area contributed by atoms with E-state index in [1.807, 2.05) is 0 Å². The second kappa shape index (κ2) is 4.53. The van der Waals surface area contributed by atoms with Crippen molar-refractivity contribution in [1.82, 2.24) is 4.31 Å². The Kier molecular flexibility index (Phi) is 4.05. The van der Waals surface area contributed by atoms with Crippen molar-refractivity contribution in [3.63, 3.8) is 0 Å². The Morgan fingerprint density at radius 1 is 1.29 bits per heavy atom. The summed E-state index contributed by atoms with van der Waals surface area (Å²) in [6, 6.07) is -0.317. The quantitative estimate of drug-likeness (QED) is 0.482. The van der Waals surface area contributed by atoms with Crippen molar-refractivity contribution in [2.24, 2.45) is 0 Å². The first-order valence-electron chi connectivity index (χ1n) is 4.40. The van der Waals surface area contributed by atoms with Gasteiger partial charge in [-0.2, -0.15) is 8.42 Å². The highest BCUT2D eigenvalue weighted by atomic mass is 35.5. The maximum absolute atomic E-state index is 11.0. The van der Waals surface area contributed by atoms with E-state index in [2.05, 4.69) is 0 Å². The van der Waals surface area contributed by atoms with Crippen molar-refractivity contribution in [2.45, 2.75) is 37.1 Å². The number of nitrogens with zero attached hydrogens (tertiary/aromatic N) is 1. The Bertz CT molecular complexity index is 287. The molecule has 7 heteroatoms. The van der Waals surface area contributed by atoms with Gasteiger partial charge in [-0.15, -0.1) is 27.5 Å². The molecule has 0 heterocycles. The van der Waals surface area contributed by atoms with E-state index in [0.29, 0.717) is 12.8 Å². The van der Waals surface area contributed by atoms with Crippen LogP contribution in [0.5, 0.6) is 0 Å². The van der Waals surface area contributed by atoms with Crippen LogP contribution in [-0.4, -0.2) is 28.3 Å². The molecular weight excluding hydrogens is 249 g/mol. The Hall–Kier alpha value is 0.450. The molecule has 0 aromatic rings. The van der Waals surface area contributed by atoms with Crippen molar-refractivity contribution >= 4 is 33.5 Å². The van der Waals surface area contributed by atoms with Crippen LogP contribution in [0.4, 0.5) is 0 Å². The summed E-state index contributed by atoms with van der Waals surface area (Å²) in [5.41, 5.74) is 0. The van der Waals surface area contributed by atoms with Crippen molar-refractivity contribution in [1.29, 1.82) is 0 Å². The highest BCUT2D eigenvalue weighted by molar-refractivity contribution is 7.83. The molecule has 14 heavy (non-hydrogen) atoms. The lowest BCUT2D eigenvalue weighted by molar-refractivity contribution is 0.217. The molecule has 0 radical (unpaired) electrons. The summed E-state index contributed by atoms with van der Waals surface area (Å²) < 4.78 is 31.6. The van der Waals surface area contributed by atoms with Crippen molar-refractivity contribution in [3.05, 3.63) is 0 Å². The third kappa shape index (κ3) is 2.73. The van der Waals surface area contributed by atoms with E-state index >= 15 is 0 Å². The molecule has 0 amide bonds. The van der Waals surface area contributed by atoms with E-state index in [-0.39, 0.29) is 6.00 Å². The maximum atomic E-state index is 11.0. The van der Waals surface area contributed by atoms with E-state index in [4.69, 9.17) is 27.8 Å². The lowest BCUT2D eigenvalue weighted by Crippen LogP contribution is -2.48. The van der Waals surface area contributed by atoms with Gasteiger partial charge in [0, 0.05) is 0 Å². The largest absolute Gasteiger partial charge is 0.338 e. The van der Waals surface area contributed by atoms with Gasteiger partial charge >= 0.3 is 10.3 Å². The van der Waals surface area contributed by atoms with Gasteiger partial charge in [0.05, 0.1) is 6.00 Å². The van der Waals surface area contributed by atoms with Crippen LogP contribution in [0.25, 0.3) is 0 Å². The van der Waals surface area contributed by atoms with Crippen LogP contribution >= 0.6 is 23.2 Å². The average molecular weight is 262 g/mol. The van der Waals surface area contributed by atoms with Gasteiger partial charge in [-0.25, -0.2) is 0 Å². The minimum atomic E-state index is -4.30. The highest BCUT2D eigenvalue weighted by Gasteiger charge is 2.41. The lowest BCUT2D eigenvalue weighted by Gasteiger charge is -2.37. The molecule has 4 nitrogen and oxygen atoms in total. The number of rotatable bonds is 3. The van der Waals surface area contributed by atoms with Gasteiger partial charge in [0.2, 0.25) is 0 Å². The zero-order chi connectivity index (χ0) is 10.8. The van der Waals surface area contributed by atoms with Crippen LogP contribution in [0, 0.1) is 0 Å². The molecule has 1 aliphatic carbocycles. The van der Waals surface area contributed by atoms with Crippen LogP contribution in [-0.2, 0) is 10.3 Å². The van der Waals surface area contributed by atoms with E-state index in [1.54, 1.807) is 0 Å². The Morgan fingerprint density at radius 3 is 2.14 bits per heavy atom. The first kappa shape index (κ1) is 12.5. The summed E-state index contributed by atoms with van der Waals surface area (Å²) in [6.45, 7) is 0. The van der Waals surface area contributed by atoms with Crippen molar-refractivity contribution in [2.75, 3.05) is 6.00 Å². The maximum Gasteiger partial charge on any atom is 0.338 e. The average Bonchev–Trinajstić information content (AvgIpc) is 2.03. The third-order valence-corrected chi connectivity index (χ3v) is 4.55. The summed E-state index contributed by atoms with van der Waals surface area (Å²) in [4.78, 5) is -1.03. The lowest BCUT2D eigenvalue weighted by atomic mass is 9.95. The number of hydrogen-bond donors (Lipinski definition) is 1. The number of alkyl halides is 2. The molecule has 0 spiro atoms. The van der Waals surface area contributed by atoms with Crippen molar-refractivity contribution in [3.8, 4) is 0 Å². The van der Waals surface area contributed by atoms with Gasteiger partial charge in [0.15, 0.2) is 0 Å². The topological polar surface area (TPSA) is 57.6 Å². The molecule has 84 valence electrons. The summed E-state index contributed by atoms with van der Waals surface area (Å²) >= 11 is 11.6. The SMILES string of the molecule is O=S(=O)(O)N(CCl)C1(Cl)CCCCC1. The predicted molar refractivity (Wildman–Crippen MR) is 55.8 cm³/mol. The molecule has 0 aliphatic heterocycles. The van der Waals surface area contributed by atoms with Gasteiger partial charge in [0.1, 0.15) is 5.00 Å². The molecule has 1 rings (SSSR count). The predicted octanol–water partition coefficient (Wildman–Crippen LogP) is 2.19. The highest BCUT2D eigenvalue weighted by Crippen LogP contribution is 2.38. The molecule has 0 atom stereocenters. The van der Waals surface area contributed by atoms with Crippen LogP contribution in [0.3, 0.4) is 0 Å². The molecule has 1 aliphatic rings. The van der Waals surface area contributed by atoms with E-state index < -0.39 is 15.3 Å². The fraction of sp³-hybridized carbons (Fsp3) is 1.00. The minimum absolute atomic E-state index is 0.317. The van der Waals surface area contributed by atoms with Crippen LogP contribution in [0.2, 0.25) is 0 Å². The molecule has 0 aromatic carbocycles. The standard InChI is InChI=1S/C7H13Cl2NO3S/c8-6-10(14(11,12)13)7(9)4-2-1-3-5-7/h1-6H2,(H,11,12,13). The van der Waals surface area contributed by atoms with Gasteiger partial charge in [-0.3, -0.25) is 4.55 Å². The minimum Gasteiger partial charge on any atom is -0.273 e. The summed E-state index contributed by atoms with van der Waals surface area (Å²) in [5, 5.41) is 0. The molecule has 1 fully saturated rings. The van der Waals surface area contributed by atoms with Crippen molar-refractivity contribution < 1.29 is 13.0 Å². The summed E-state index contributed by atoms with van der Waals surface area (Å²) in [6.07, 6.45) is 3.80. The van der Waals surface area contributed by atoms with E-state index in [9.17, 15) is 8.42 Å². The fourth-order valence-corrected chi connectivity index (χ4v) is 3.69. The van der Waals surface area contributed by atoms with Gasteiger partial charge in [0.25, 0.3) is 0 Å². The molecule has 0 bridgehead atoms. The second-order valence-electron chi connectivity index (χ2n) is 3.42. The smallest absolute Gasteiger partial charge is 0.273 e. The van der Waals surface area contributed by atoms with Gasteiger partial charge in [-0.05, 0) is 12.8 Å². The van der Waals surface area contributed by atoms with Gasteiger partial charge < -0.3 is 0 Å². The normalized spacial score (nSPS) is 22.6. The third-order valence-electron chi connectivity index (χ3n) is 2.45. The monoisotopic (exact) mass is 261 g/mol. The van der Waals surface area contributed by atoms with E-state index in [0.717, 1.165) is 23.6 Å². The molecule has 0 unspecified atom stereocenters. The number of hydrogen-bond acceptors (Lipinski definition) is 2. The fourth-order valence-electron chi connectivity index (χ4n) is 1.72. The second-order valence-corrected chi connectivity index (χ2v) is 5.70. The first-order chi connectivity index (χ1) is 6.40. The molecule has 0 aromatic heterocycles. The zero-order valence-electron chi connectivity index (χ0n) is 7.62. The Morgan fingerprint density at radius 2 is 1.79 bits per heavy atom. The first-order valence-corrected chi connectivity index (χ1v) is 6.71. The van der Waals surface area contributed by atoms with Gasteiger partial charge in [-0.1, -0.05) is 19.3 Å². The molecule has 1 N–H and O–H groups in total. The Balaban J connectivity index is 2.87. The molecule has 0 saturated heterocycles. The van der Waals surface area contributed by atoms with Crippen LogP contribution in [0.15, 0.2) is 0 Å². The zero-order valence-corrected chi connectivity index (χ0v) is 9.95. The van der Waals surface area contributed by atoms with Crippen LogP contribution in [0.1, 0.15) is 32.1 Å². The molecular formula is C7H13Cl2NO3S. The Labute approximate surface area is 94.1 Å².